The fraction of sp³-hybridized carbons (Fsp3) is 0.350. The third kappa shape index (κ3) is 9.00. The van der Waals surface area contributed by atoms with E-state index in [1.54, 1.807) is 0 Å². The van der Waals surface area contributed by atoms with Crippen molar-refractivity contribution in [3.63, 3.8) is 0 Å². The van der Waals surface area contributed by atoms with E-state index >= 15 is 0 Å². The highest BCUT2D eigenvalue weighted by Gasteiger charge is 2.09. The molecular formula is C20H25NO2S2. The van der Waals surface area contributed by atoms with Gasteiger partial charge in [-0.05, 0) is 11.1 Å². The zero-order chi connectivity index (χ0) is 17.7. The van der Waals surface area contributed by atoms with Crippen LogP contribution in [0.15, 0.2) is 60.7 Å². The van der Waals surface area contributed by atoms with Gasteiger partial charge >= 0.3 is 5.97 Å². The molecule has 2 aromatic rings. The molecule has 1 N–H and O–H groups in total. The van der Waals surface area contributed by atoms with Gasteiger partial charge in [-0.25, -0.2) is 0 Å². The summed E-state index contributed by atoms with van der Waals surface area (Å²) in [6.07, 6.45) is 0. The summed E-state index contributed by atoms with van der Waals surface area (Å²) < 4.78 is 0. The van der Waals surface area contributed by atoms with Crippen LogP contribution in [0.25, 0.3) is 0 Å². The second-order valence-corrected chi connectivity index (χ2v) is 7.96. The van der Waals surface area contributed by atoms with E-state index in [4.69, 9.17) is 5.11 Å². The van der Waals surface area contributed by atoms with E-state index in [9.17, 15) is 4.79 Å². The topological polar surface area (TPSA) is 40.5 Å². The quantitative estimate of drug-likeness (QED) is 0.562. The number of nitrogens with zero attached hydrogens (tertiary/aromatic N) is 1. The largest absolute Gasteiger partial charge is 0.480 e. The average molecular weight is 376 g/mol. The number of rotatable bonds is 12. The summed E-state index contributed by atoms with van der Waals surface area (Å²) in [4.78, 5) is 13.1. The van der Waals surface area contributed by atoms with Crippen molar-refractivity contribution < 1.29 is 9.90 Å². The molecule has 0 fully saturated rings. The summed E-state index contributed by atoms with van der Waals surface area (Å²) >= 11 is 3.71. The molecular weight excluding hydrogens is 350 g/mol. The molecule has 0 radical (unpaired) electrons. The van der Waals surface area contributed by atoms with E-state index in [1.807, 2.05) is 40.6 Å². The van der Waals surface area contributed by atoms with Crippen molar-refractivity contribution in [1.29, 1.82) is 0 Å². The monoisotopic (exact) mass is 375 g/mol. The Bertz CT molecular complexity index is 560. The number of carbonyl (C=O) groups is 1. The molecule has 0 amide bonds. The minimum Gasteiger partial charge on any atom is -0.480 e. The summed E-state index contributed by atoms with van der Waals surface area (Å²) in [7, 11) is 0. The van der Waals surface area contributed by atoms with Crippen LogP contribution >= 0.6 is 23.5 Å². The molecule has 2 aromatic carbocycles. The molecule has 0 aromatic heterocycles. The van der Waals surface area contributed by atoms with Crippen LogP contribution in [0, 0.1) is 0 Å². The highest BCUT2D eigenvalue weighted by molar-refractivity contribution is 7.98. The van der Waals surface area contributed by atoms with Gasteiger partial charge in [0.05, 0.1) is 6.54 Å². The third-order valence-electron chi connectivity index (χ3n) is 3.69. The Morgan fingerprint density at radius 1 is 0.800 bits per heavy atom. The lowest BCUT2D eigenvalue weighted by Gasteiger charge is -2.19. The highest BCUT2D eigenvalue weighted by atomic mass is 32.2. The molecule has 5 heteroatoms. The van der Waals surface area contributed by atoms with Crippen LogP contribution in [0.2, 0.25) is 0 Å². The fourth-order valence-electron chi connectivity index (χ4n) is 2.38. The SMILES string of the molecule is O=C(O)CN(CCSCc1ccccc1)CCSCc1ccccc1. The third-order valence-corrected chi connectivity index (χ3v) is 5.70. The first-order valence-electron chi connectivity index (χ1n) is 8.41. The van der Waals surface area contributed by atoms with Crippen molar-refractivity contribution in [1.82, 2.24) is 4.90 Å². The zero-order valence-corrected chi connectivity index (χ0v) is 16.0. The van der Waals surface area contributed by atoms with Crippen molar-refractivity contribution in [3.05, 3.63) is 71.8 Å². The maximum atomic E-state index is 11.1. The normalized spacial score (nSPS) is 10.9. The molecule has 0 aliphatic rings. The molecule has 3 nitrogen and oxygen atoms in total. The van der Waals surface area contributed by atoms with Crippen LogP contribution in [-0.2, 0) is 16.3 Å². The Kier molecular flexibility index (Phi) is 9.55. The van der Waals surface area contributed by atoms with Gasteiger partial charge in [-0.3, -0.25) is 9.69 Å². The van der Waals surface area contributed by atoms with Crippen molar-refractivity contribution in [3.8, 4) is 0 Å². The van der Waals surface area contributed by atoms with Crippen LogP contribution in [0.4, 0.5) is 0 Å². The lowest BCUT2D eigenvalue weighted by molar-refractivity contribution is -0.138. The van der Waals surface area contributed by atoms with E-state index in [0.29, 0.717) is 0 Å². The lowest BCUT2D eigenvalue weighted by Crippen LogP contribution is -2.33. The lowest BCUT2D eigenvalue weighted by atomic mass is 10.2. The molecule has 0 spiro atoms. The Hall–Kier alpha value is -1.43. The smallest absolute Gasteiger partial charge is 0.317 e. The van der Waals surface area contributed by atoms with Gasteiger partial charge in [0.25, 0.3) is 0 Å². The van der Waals surface area contributed by atoms with Crippen LogP contribution in [-0.4, -0.2) is 47.1 Å². The summed E-state index contributed by atoms with van der Waals surface area (Å²) in [5.74, 6) is 3.10. The summed E-state index contributed by atoms with van der Waals surface area (Å²) in [6.45, 7) is 1.75. The van der Waals surface area contributed by atoms with Gasteiger partial charge in [-0.1, -0.05) is 60.7 Å². The predicted molar refractivity (Wildman–Crippen MR) is 109 cm³/mol. The molecule has 0 atom stereocenters. The highest BCUT2D eigenvalue weighted by Crippen LogP contribution is 2.14. The Morgan fingerprint density at radius 3 is 1.64 bits per heavy atom. The number of carboxylic acid groups (broad SMARTS) is 1. The summed E-state index contributed by atoms with van der Waals surface area (Å²) in [6, 6.07) is 20.8. The van der Waals surface area contributed by atoms with E-state index in [0.717, 1.165) is 36.1 Å². The van der Waals surface area contributed by atoms with Crippen LogP contribution in [0.1, 0.15) is 11.1 Å². The Labute approximate surface area is 158 Å². The summed E-state index contributed by atoms with van der Waals surface area (Å²) in [5, 5.41) is 9.10. The molecule has 134 valence electrons. The molecule has 25 heavy (non-hydrogen) atoms. The van der Waals surface area contributed by atoms with E-state index in [-0.39, 0.29) is 6.54 Å². The molecule has 0 saturated heterocycles. The van der Waals surface area contributed by atoms with Crippen LogP contribution in [0.5, 0.6) is 0 Å². The Morgan fingerprint density at radius 2 is 1.24 bits per heavy atom. The van der Waals surface area contributed by atoms with Gasteiger partial charge in [0.2, 0.25) is 0 Å². The van der Waals surface area contributed by atoms with E-state index in [2.05, 4.69) is 48.5 Å². The van der Waals surface area contributed by atoms with Crippen molar-refractivity contribution in [2.45, 2.75) is 11.5 Å². The van der Waals surface area contributed by atoms with Crippen molar-refractivity contribution in [2.24, 2.45) is 0 Å². The first-order valence-corrected chi connectivity index (χ1v) is 10.7. The first-order chi connectivity index (χ1) is 12.2. The molecule has 0 heterocycles. The van der Waals surface area contributed by atoms with Gasteiger partial charge < -0.3 is 5.11 Å². The minimum atomic E-state index is -0.749. The predicted octanol–water partition coefficient (Wildman–Crippen LogP) is 4.24. The van der Waals surface area contributed by atoms with Gasteiger partial charge in [0, 0.05) is 36.1 Å². The van der Waals surface area contributed by atoms with Gasteiger partial charge in [-0.2, -0.15) is 23.5 Å². The standard InChI is InChI=1S/C20H25NO2S2/c22-20(23)15-21(11-13-24-16-18-7-3-1-4-8-18)12-14-25-17-19-9-5-2-6-10-19/h1-10H,11-17H2,(H,22,23). The zero-order valence-electron chi connectivity index (χ0n) is 14.3. The molecule has 0 bridgehead atoms. The maximum absolute atomic E-state index is 11.1. The van der Waals surface area contributed by atoms with Gasteiger partial charge in [0.1, 0.15) is 0 Å². The number of benzene rings is 2. The maximum Gasteiger partial charge on any atom is 0.317 e. The second kappa shape index (κ2) is 12.0. The number of carboxylic acids is 1. The van der Waals surface area contributed by atoms with Gasteiger partial charge in [0.15, 0.2) is 0 Å². The number of hydrogen-bond donors (Lipinski definition) is 1. The average Bonchev–Trinajstić information content (AvgIpc) is 2.63. The number of aliphatic carboxylic acids is 1. The Balaban J connectivity index is 1.64. The van der Waals surface area contributed by atoms with E-state index in [1.165, 1.54) is 11.1 Å². The number of thioether (sulfide) groups is 2. The molecule has 0 unspecified atom stereocenters. The molecule has 0 aliphatic carbocycles. The molecule has 0 aliphatic heterocycles. The van der Waals surface area contributed by atoms with Crippen LogP contribution in [0.3, 0.4) is 0 Å². The van der Waals surface area contributed by atoms with Gasteiger partial charge in [-0.15, -0.1) is 0 Å². The van der Waals surface area contributed by atoms with Crippen molar-refractivity contribution >= 4 is 29.5 Å². The minimum absolute atomic E-state index is 0.123. The molecule has 0 saturated carbocycles. The van der Waals surface area contributed by atoms with Crippen LogP contribution < -0.4 is 0 Å². The van der Waals surface area contributed by atoms with E-state index < -0.39 is 5.97 Å². The first kappa shape index (κ1) is 19.9. The number of hydrogen-bond acceptors (Lipinski definition) is 4. The second-order valence-electron chi connectivity index (χ2n) is 5.75. The fourth-order valence-corrected chi connectivity index (χ4v) is 4.30. The molecule has 2 rings (SSSR count). The summed E-state index contributed by atoms with van der Waals surface area (Å²) in [5.41, 5.74) is 2.63. The van der Waals surface area contributed by atoms with Crippen molar-refractivity contribution in [2.75, 3.05) is 31.1 Å².